The minimum absolute atomic E-state index is 0.214. The molecule has 3 saturated heterocycles. The minimum Gasteiger partial charge on any atom is -0.438 e. The van der Waals surface area contributed by atoms with Gasteiger partial charge in [-0.2, -0.15) is 23.5 Å². The SMILES string of the molecule is C1CSCCN1.NC(=O)c1cccnc1Oc1cccc(-c2ccc(CN3CCSCC3)cc2CN2CCOCC2)c1. The molecule has 224 valence electrons. The number of benzene rings is 2. The third-order valence-corrected chi connectivity index (χ3v) is 9.35. The summed E-state index contributed by atoms with van der Waals surface area (Å²) in [6.45, 7) is 9.99. The number of hydrogen-bond acceptors (Lipinski definition) is 9. The summed E-state index contributed by atoms with van der Waals surface area (Å²) in [7, 11) is 0. The summed E-state index contributed by atoms with van der Waals surface area (Å²) in [5.74, 6) is 5.29. The molecule has 3 aromatic rings. The molecule has 0 spiro atoms. The maximum Gasteiger partial charge on any atom is 0.254 e. The summed E-state index contributed by atoms with van der Waals surface area (Å²) < 4.78 is 11.6. The van der Waals surface area contributed by atoms with Gasteiger partial charge in [0.2, 0.25) is 5.88 Å². The Morgan fingerprint density at radius 2 is 1.67 bits per heavy atom. The molecule has 3 aliphatic heterocycles. The number of morpholine rings is 1. The standard InChI is InChI=1S/C28H32N4O3S.C4H9NS/c29-27(33)26-5-2-8-30-28(26)35-24-4-1-3-22(18-24)25-7-6-21(19-32-11-15-36-16-12-32)17-23(25)20-31-9-13-34-14-10-31;1-3-6-4-2-5-1/h1-8,17-18H,9-16,19-20H2,(H2,29,33);5H,1-4H2. The fourth-order valence-electron chi connectivity index (χ4n) is 5.19. The number of carbonyl (C=O) groups is 1. The van der Waals surface area contributed by atoms with Gasteiger partial charge in [0.15, 0.2) is 0 Å². The fourth-order valence-corrected chi connectivity index (χ4v) is 6.95. The van der Waals surface area contributed by atoms with Crippen LogP contribution in [0.4, 0.5) is 0 Å². The van der Waals surface area contributed by atoms with Crippen molar-refractivity contribution in [2.24, 2.45) is 5.73 Å². The minimum atomic E-state index is -0.565. The summed E-state index contributed by atoms with van der Waals surface area (Å²) in [5.41, 5.74) is 10.7. The molecule has 3 fully saturated rings. The van der Waals surface area contributed by atoms with Gasteiger partial charge in [0.1, 0.15) is 11.3 Å². The Hall–Kier alpha value is -2.60. The van der Waals surface area contributed by atoms with Crippen molar-refractivity contribution in [1.29, 1.82) is 0 Å². The Morgan fingerprint density at radius 1 is 0.905 bits per heavy atom. The van der Waals surface area contributed by atoms with E-state index in [-0.39, 0.29) is 11.4 Å². The number of hydrogen-bond donors (Lipinski definition) is 2. The van der Waals surface area contributed by atoms with E-state index in [2.05, 4.69) is 44.4 Å². The summed E-state index contributed by atoms with van der Waals surface area (Å²) >= 11 is 4.07. The molecule has 3 aliphatic rings. The second kappa shape index (κ2) is 16.3. The van der Waals surface area contributed by atoms with Crippen LogP contribution < -0.4 is 15.8 Å². The topological polar surface area (TPSA) is 92.9 Å². The van der Waals surface area contributed by atoms with E-state index in [1.165, 1.54) is 52.8 Å². The van der Waals surface area contributed by atoms with Crippen LogP contribution in [0, 0.1) is 0 Å². The molecule has 0 bridgehead atoms. The quantitative estimate of drug-likeness (QED) is 0.388. The lowest BCUT2D eigenvalue weighted by atomic mass is 9.96. The molecule has 42 heavy (non-hydrogen) atoms. The highest BCUT2D eigenvalue weighted by atomic mass is 32.2. The Kier molecular flexibility index (Phi) is 12.0. The molecule has 1 aromatic heterocycles. The molecule has 8 nitrogen and oxygen atoms in total. The molecule has 0 saturated carbocycles. The lowest BCUT2D eigenvalue weighted by molar-refractivity contribution is 0.0342. The number of carbonyl (C=O) groups excluding carboxylic acids is 1. The molecule has 0 aliphatic carbocycles. The van der Waals surface area contributed by atoms with Gasteiger partial charge in [0.05, 0.1) is 13.2 Å². The van der Waals surface area contributed by atoms with Gasteiger partial charge in [-0.15, -0.1) is 0 Å². The lowest BCUT2D eigenvalue weighted by Gasteiger charge is -2.29. The first-order chi connectivity index (χ1) is 20.7. The number of rotatable bonds is 8. The molecule has 0 unspecified atom stereocenters. The number of nitrogens with one attached hydrogen (secondary N) is 1. The highest BCUT2D eigenvalue weighted by Gasteiger charge is 2.17. The predicted octanol–water partition coefficient (Wildman–Crippen LogP) is 4.34. The number of thioether (sulfide) groups is 2. The highest BCUT2D eigenvalue weighted by Crippen LogP contribution is 2.32. The monoisotopic (exact) mass is 607 g/mol. The molecule has 0 radical (unpaired) electrons. The van der Waals surface area contributed by atoms with Gasteiger partial charge in [0.25, 0.3) is 5.91 Å². The van der Waals surface area contributed by atoms with E-state index in [0.717, 1.165) is 58.0 Å². The van der Waals surface area contributed by atoms with Gasteiger partial charge < -0.3 is 20.5 Å². The Labute approximate surface area is 257 Å². The smallest absolute Gasteiger partial charge is 0.254 e. The van der Waals surface area contributed by atoms with Crippen LogP contribution in [0.2, 0.25) is 0 Å². The zero-order chi connectivity index (χ0) is 29.0. The van der Waals surface area contributed by atoms with E-state index in [1.54, 1.807) is 18.3 Å². The van der Waals surface area contributed by atoms with Gasteiger partial charge in [-0.3, -0.25) is 14.6 Å². The van der Waals surface area contributed by atoms with Gasteiger partial charge in [0, 0.05) is 81.6 Å². The van der Waals surface area contributed by atoms with Crippen LogP contribution in [0.3, 0.4) is 0 Å². The van der Waals surface area contributed by atoms with E-state index < -0.39 is 5.91 Å². The third kappa shape index (κ3) is 9.20. The number of nitrogens with two attached hydrogens (primary N) is 1. The van der Waals surface area contributed by atoms with Crippen molar-refractivity contribution in [2.45, 2.75) is 13.1 Å². The van der Waals surface area contributed by atoms with Gasteiger partial charge >= 0.3 is 0 Å². The normalized spacial score (nSPS) is 18.1. The number of primary amides is 1. The Balaban J connectivity index is 0.000000524. The maximum atomic E-state index is 11.8. The molecule has 10 heteroatoms. The van der Waals surface area contributed by atoms with Crippen LogP contribution >= 0.6 is 23.5 Å². The maximum absolute atomic E-state index is 11.8. The Bertz CT molecular complexity index is 1280. The van der Waals surface area contributed by atoms with Gasteiger partial charge in [-0.05, 0) is 46.5 Å². The summed E-state index contributed by atoms with van der Waals surface area (Å²) in [5, 5.41) is 3.26. The molecular weight excluding hydrogens is 567 g/mol. The average Bonchev–Trinajstić information content (AvgIpc) is 3.04. The predicted molar refractivity (Wildman–Crippen MR) is 174 cm³/mol. The first-order valence-electron chi connectivity index (χ1n) is 14.7. The van der Waals surface area contributed by atoms with E-state index in [9.17, 15) is 4.79 Å². The van der Waals surface area contributed by atoms with E-state index in [4.69, 9.17) is 15.2 Å². The number of ether oxygens (including phenoxy) is 2. The van der Waals surface area contributed by atoms with Gasteiger partial charge in [-0.1, -0.05) is 30.3 Å². The molecule has 0 atom stereocenters. The number of amides is 1. The van der Waals surface area contributed by atoms with Crippen molar-refractivity contribution in [3.63, 3.8) is 0 Å². The van der Waals surface area contributed by atoms with Crippen molar-refractivity contribution in [1.82, 2.24) is 20.1 Å². The Morgan fingerprint density at radius 3 is 2.38 bits per heavy atom. The largest absolute Gasteiger partial charge is 0.438 e. The zero-order valence-electron chi connectivity index (χ0n) is 24.1. The zero-order valence-corrected chi connectivity index (χ0v) is 25.8. The number of aromatic nitrogens is 1. The van der Waals surface area contributed by atoms with Crippen molar-refractivity contribution in [2.75, 3.05) is 75.5 Å². The second-order valence-electron chi connectivity index (χ2n) is 10.5. The van der Waals surface area contributed by atoms with Crippen LogP contribution in [0.15, 0.2) is 60.8 Å². The van der Waals surface area contributed by atoms with Gasteiger partial charge in [-0.25, -0.2) is 4.98 Å². The first-order valence-corrected chi connectivity index (χ1v) is 17.0. The summed E-state index contributed by atoms with van der Waals surface area (Å²) in [6.07, 6.45) is 1.59. The third-order valence-electron chi connectivity index (χ3n) is 7.42. The molecule has 6 rings (SSSR count). The summed E-state index contributed by atoms with van der Waals surface area (Å²) in [6, 6.07) is 18.1. The molecular formula is C32H41N5O3S2. The lowest BCUT2D eigenvalue weighted by Crippen LogP contribution is -2.36. The first kappa shape index (κ1) is 30.8. The van der Waals surface area contributed by atoms with Crippen molar-refractivity contribution in [3.05, 3.63) is 77.5 Å². The number of pyridine rings is 1. The molecule has 2 aromatic carbocycles. The van der Waals surface area contributed by atoms with E-state index >= 15 is 0 Å². The highest BCUT2D eigenvalue weighted by molar-refractivity contribution is 7.99. The van der Waals surface area contributed by atoms with Crippen LogP contribution in [0.5, 0.6) is 11.6 Å². The number of nitrogens with zero attached hydrogens (tertiary/aromatic N) is 3. The molecule has 3 N–H and O–H groups in total. The van der Waals surface area contributed by atoms with E-state index in [1.807, 2.05) is 41.7 Å². The van der Waals surface area contributed by atoms with Crippen LogP contribution in [0.1, 0.15) is 21.5 Å². The van der Waals surface area contributed by atoms with E-state index in [0.29, 0.717) is 5.75 Å². The molecule has 1 amide bonds. The fraction of sp³-hybridized carbons (Fsp3) is 0.438. The summed E-state index contributed by atoms with van der Waals surface area (Å²) in [4.78, 5) is 21.0. The van der Waals surface area contributed by atoms with Crippen molar-refractivity contribution >= 4 is 29.4 Å². The second-order valence-corrected chi connectivity index (χ2v) is 12.9. The van der Waals surface area contributed by atoms with Crippen LogP contribution in [0.25, 0.3) is 11.1 Å². The van der Waals surface area contributed by atoms with Crippen molar-refractivity contribution < 1.29 is 14.3 Å². The molecule has 4 heterocycles. The average molecular weight is 608 g/mol. The van der Waals surface area contributed by atoms with Crippen molar-refractivity contribution in [3.8, 4) is 22.8 Å². The van der Waals surface area contributed by atoms with Crippen LogP contribution in [-0.2, 0) is 17.8 Å². The van der Waals surface area contributed by atoms with Crippen LogP contribution in [-0.4, -0.2) is 96.2 Å².